The number of rotatable bonds is 2. The fourth-order valence-corrected chi connectivity index (χ4v) is 4.69. The molecule has 1 aliphatic carbocycles. The summed E-state index contributed by atoms with van der Waals surface area (Å²) in [4.78, 5) is 21.1. The summed E-state index contributed by atoms with van der Waals surface area (Å²) in [7, 11) is 0. The molecule has 0 bridgehead atoms. The number of fused-ring (bicyclic) bond motifs is 2. The number of ketones is 1. The van der Waals surface area contributed by atoms with Crippen molar-refractivity contribution in [2.24, 2.45) is 11.3 Å². The topological polar surface area (TPSA) is 81.1 Å². The lowest BCUT2D eigenvalue weighted by atomic mass is 9.72. The summed E-state index contributed by atoms with van der Waals surface area (Å²) >= 11 is 3.55. The number of carbonyl (C=O) groups excluding carboxylic acids is 1. The zero-order valence-corrected chi connectivity index (χ0v) is 18.3. The summed E-state index contributed by atoms with van der Waals surface area (Å²) in [6, 6.07) is 15.9. The van der Waals surface area contributed by atoms with Crippen LogP contribution in [0.25, 0.3) is 11.1 Å². The van der Waals surface area contributed by atoms with Gasteiger partial charge in [-0.25, -0.2) is 5.32 Å². The van der Waals surface area contributed by atoms with Gasteiger partial charge in [-0.15, -0.1) is 0 Å². The lowest BCUT2D eigenvalue weighted by Crippen LogP contribution is -2.84. The molecule has 3 N–H and O–H groups in total. The van der Waals surface area contributed by atoms with Crippen molar-refractivity contribution < 1.29 is 14.2 Å². The molecule has 0 fully saturated rings. The number of allylic oxidation sites excluding steroid dienone is 1. The van der Waals surface area contributed by atoms with E-state index in [-0.39, 0.29) is 23.2 Å². The molecule has 2 atom stereocenters. The van der Waals surface area contributed by atoms with Crippen molar-refractivity contribution in [2.75, 3.05) is 5.32 Å². The standard InChI is InChI=1S/C23H21BrN4O2/c1-23(2)11-16-19(17(29)12-23)20(13-6-5-7-14(24)10-13)27-21(25-16)28-22-26-15-8-3-4-9-18(15)30-22/h3-11,19-20H,12H2,1-2H3,(H2,25,26,27,28)/p+1/t19-,20-/m0/s1. The summed E-state index contributed by atoms with van der Waals surface area (Å²) in [6.07, 6.45) is 2.68. The number of halogens is 1. The van der Waals surface area contributed by atoms with E-state index in [4.69, 9.17) is 4.42 Å². The molecule has 3 aromatic rings. The van der Waals surface area contributed by atoms with Crippen LogP contribution in [0.5, 0.6) is 0 Å². The Labute approximate surface area is 182 Å². The SMILES string of the molecule is CC1(C)C=C2NC(Nc3nc4ccccc4o3)=[NH+][C@@H](c3cccc(Br)c3)[C@@H]2C(=O)C1. The molecule has 2 aliphatic rings. The minimum absolute atomic E-state index is 0.197. The van der Waals surface area contributed by atoms with Crippen LogP contribution in [0.2, 0.25) is 0 Å². The molecule has 2 heterocycles. The Balaban J connectivity index is 1.56. The molecule has 0 unspecified atom stereocenters. The fraction of sp³-hybridized carbons (Fsp3) is 0.261. The number of guanidine groups is 1. The minimum Gasteiger partial charge on any atom is -0.412 e. The van der Waals surface area contributed by atoms with E-state index in [1.54, 1.807) is 0 Å². The normalized spacial score (nSPS) is 22.7. The second-order valence-corrected chi connectivity index (χ2v) is 9.41. The number of Topliss-reactive ketones (excluding diaryl/α,β-unsaturated/α-hetero) is 1. The molecule has 152 valence electrons. The highest BCUT2D eigenvalue weighted by molar-refractivity contribution is 9.10. The molecule has 0 saturated heterocycles. The number of para-hydroxylation sites is 2. The molecule has 5 rings (SSSR count). The number of nitrogens with one attached hydrogen (secondary N) is 3. The van der Waals surface area contributed by atoms with Gasteiger partial charge in [0.1, 0.15) is 23.3 Å². The fourth-order valence-electron chi connectivity index (χ4n) is 4.27. The Morgan fingerprint density at radius 1 is 1.23 bits per heavy atom. The van der Waals surface area contributed by atoms with Gasteiger partial charge in [-0.2, -0.15) is 10.3 Å². The van der Waals surface area contributed by atoms with Crippen molar-refractivity contribution in [3.05, 3.63) is 70.3 Å². The molecule has 0 amide bonds. The van der Waals surface area contributed by atoms with E-state index in [1.807, 2.05) is 48.5 Å². The van der Waals surface area contributed by atoms with E-state index in [2.05, 4.69) is 56.5 Å². The first-order valence-electron chi connectivity index (χ1n) is 9.92. The number of carbonyl (C=O) groups is 1. The molecule has 2 aromatic carbocycles. The van der Waals surface area contributed by atoms with Crippen LogP contribution in [-0.2, 0) is 4.79 Å². The highest BCUT2D eigenvalue weighted by Crippen LogP contribution is 2.38. The molecule has 0 spiro atoms. The van der Waals surface area contributed by atoms with Gasteiger partial charge < -0.3 is 4.42 Å². The highest BCUT2D eigenvalue weighted by atomic mass is 79.9. The Kier molecular flexibility index (Phi) is 4.50. The van der Waals surface area contributed by atoms with Crippen LogP contribution in [0, 0.1) is 11.3 Å². The predicted octanol–water partition coefficient (Wildman–Crippen LogP) is 3.28. The number of anilines is 1. The third-order valence-corrected chi connectivity index (χ3v) is 5.99. The Morgan fingerprint density at radius 2 is 2.07 bits per heavy atom. The van der Waals surface area contributed by atoms with Crippen LogP contribution >= 0.6 is 15.9 Å². The second kappa shape index (κ2) is 7.09. The summed E-state index contributed by atoms with van der Waals surface area (Å²) in [5.41, 5.74) is 3.24. The van der Waals surface area contributed by atoms with Crippen LogP contribution in [0.3, 0.4) is 0 Å². The van der Waals surface area contributed by atoms with E-state index >= 15 is 0 Å². The number of benzene rings is 2. The third-order valence-electron chi connectivity index (χ3n) is 5.49. The monoisotopic (exact) mass is 465 g/mol. The van der Waals surface area contributed by atoms with Crippen molar-refractivity contribution in [1.29, 1.82) is 0 Å². The van der Waals surface area contributed by atoms with Crippen LogP contribution < -0.4 is 15.6 Å². The molecule has 1 aliphatic heterocycles. The van der Waals surface area contributed by atoms with Gasteiger partial charge in [0.2, 0.25) is 0 Å². The van der Waals surface area contributed by atoms with Gasteiger partial charge in [-0.05, 0) is 41.3 Å². The van der Waals surface area contributed by atoms with Gasteiger partial charge in [-0.3, -0.25) is 9.79 Å². The molecular weight excluding hydrogens is 444 g/mol. The Hall–Kier alpha value is -2.93. The predicted molar refractivity (Wildman–Crippen MR) is 119 cm³/mol. The largest absolute Gasteiger partial charge is 0.412 e. The van der Waals surface area contributed by atoms with Gasteiger partial charge in [0.25, 0.3) is 0 Å². The highest BCUT2D eigenvalue weighted by Gasteiger charge is 2.45. The quantitative estimate of drug-likeness (QED) is 0.540. The summed E-state index contributed by atoms with van der Waals surface area (Å²) in [5, 5.41) is 6.58. The summed E-state index contributed by atoms with van der Waals surface area (Å²) < 4.78 is 6.79. The van der Waals surface area contributed by atoms with Crippen molar-refractivity contribution in [3.63, 3.8) is 0 Å². The van der Waals surface area contributed by atoms with Crippen LogP contribution in [-0.4, -0.2) is 16.7 Å². The van der Waals surface area contributed by atoms with Gasteiger partial charge >= 0.3 is 12.0 Å². The zero-order valence-electron chi connectivity index (χ0n) is 16.7. The van der Waals surface area contributed by atoms with Gasteiger partial charge in [0.05, 0.1) is 5.70 Å². The molecule has 1 aromatic heterocycles. The zero-order chi connectivity index (χ0) is 20.9. The lowest BCUT2D eigenvalue weighted by molar-refractivity contribution is -0.522. The van der Waals surface area contributed by atoms with Crippen molar-refractivity contribution in [3.8, 4) is 0 Å². The van der Waals surface area contributed by atoms with Crippen molar-refractivity contribution in [2.45, 2.75) is 26.3 Å². The summed E-state index contributed by atoms with van der Waals surface area (Å²) in [6.45, 7) is 4.17. The van der Waals surface area contributed by atoms with Crippen molar-refractivity contribution in [1.82, 2.24) is 10.3 Å². The van der Waals surface area contributed by atoms with Crippen LogP contribution in [0.4, 0.5) is 6.01 Å². The lowest BCUT2D eigenvalue weighted by Gasteiger charge is -2.36. The number of nitrogens with zero attached hydrogens (tertiary/aromatic N) is 1. The van der Waals surface area contributed by atoms with Crippen molar-refractivity contribution >= 4 is 44.8 Å². The average molecular weight is 466 g/mol. The van der Waals surface area contributed by atoms with E-state index in [0.717, 1.165) is 21.2 Å². The maximum atomic E-state index is 13.1. The number of oxazole rings is 1. The third kappa shape index (κ3) is 3.54. The molecule has 0 radical (unpaired) electrons. The van der Waals surface area contributed by atoms with E-state index in [1.165, 1.54) is 0 Å². The number of hydrogen-bond donors (Lipinski definition) is 3. The smallest absolute Gasteiger partial charge is 0.365 e. The number of aromatic nitrogens is 1. The maximum absolute atomic E-state index is 13.1. The molecular formula is C23H22BrN4O2+. The Bertz CT molecular complexity index is 1180. The minimum atomic E-state index is -0.276. The van der Waals surface area contributed by atoms with Gasteiger partial charge in [-0.1, -0.05) is 54.0 Å². The van der Waals surface area contributed by atoms with Crippen LogP contribution in [0.1, 0.15) is 31.9 Å². The van der Waals surface area contributed by atoms with E-state index < -0.39 is 0 Å². The average Bonchev–Trinajstić information content (AvgIpc) is 3.08. The first-order valence-corrected chi connectivity index (χ1v) is 10.7. The second-order valence-electron chi connectivity index (χ2n) is 8.50. The molecule has 6 nitrogen and oxygen atoms in total. The summed E-state index contributed by atoms with van der Waals surface area (Å²) in [5.74, 6) is 0.587. The van der Waals surface area contributed by atoms with E-state index in [9.17, 15) is 4.79 Å². The van der Waals surface area contributed by atoms with E-state index in [0.29, 0.717) is 24.0 Å². The van der Waals surface area contributed by atoms with Crippen LogP contribution in [0.15, 0.2) is 69.2 Å². The molecule has 7 heteroatoms. The Morgan fingerprint density at radius 3 is 2.87 bits per heavy atom. The van der Waals surface area contributed by atoms with Gasteiger partial charge in [0.15, 0.2) is 5.58 Å². The molecule has 30 heavy (non-hydrogen) atoms. The first-order chi connectivity index (χ1) is 14.4. The number of hydrogen-bond acceptors (Lipinski definition) is 5. The first kappa shape index (κ1) is 19.1. The molecule has 0 saturated carbocycles. The van der Waals surface area contributed by atoms with Gasteiger partial charge in [0, 0.05) is 10.9 Å². The maximum Gasteiger partial charge on any atom is 0.365 e.